The Morgan fingerprint density at radius 1 is 1.21 bits per heavy atom. The van der Waals surface area contributed by atoms with Crippen LogP contribution in [0.5, 0.6) is 0 Å². The number of nitro groups is 1. The van der Waals surface area contributed by atoms with Gasteiger partial charge in [-0.1, -0.05) is 0 Å². The molecular formula is C13H10BrN3O2. The maximum absolute atomic E-state index is 10.5. The number of nitro benzene ring substituents is 1. The molecule has 2 rings (SSSR count). The minimum absolute atomic E-state index is 0. The molecule has 0 bridgehead atoms. The van der Waals surface area contributed by atoms with Gasteiger partial charge in [-0.15, -0.1) is 0 Å². The number of nitrogens with zero attached hydrogens (tertiary/aromatic N) is 3. The highest BCUT2D eigenvalue weighted by Crippen LogP contribution is 2.11. The molecule has 0 saturated carbocycles. The predicted octanol–water partition coefficient (Wildman–Crippen LogP) is -1.19. The maximum Gasteiger partial charge on any atom is 0.283 e. The Labute approximate surface area is 120 Å². The summed E-state index contributed by atoms with van der Waals surface area (Å²) in [6.45, 7) is 0.516. The third-order valence-electron chi connectivity index (χ3n) is 2.56. The van der Waals surface area contributed by atoms with Crippen molar-refractivity contribution in [3.8, 4) is 6.07 Å². The molecule has 0 aliphatic heterocycles. The number of non-ortho nitro benzene ring substituents is 1. The van der Waals surface area contributed by atoms with Gasteiger partial charge in [-0.05, 0) is 18.2 Å². The number of nitriles is 1. The van der Waals surface area contributed by atoms with Crippen molar-refractivity contribution in [3.63, 3.8) is 0 Å². The molecule has 0 amide bonds. The van der Waals surface area contributed by atoms with Crippen molar-refractivity contribution >= 4 is 5.69 Å². The Kier molecular flexibility index (Phi) is 5.15. The van der Waals surface area contributed by atoms with E-state index < -0.39 is 4.92 Å². The van der Waals surface area contributed by atoms with Crippen molar-refractivity contribution in [3.05, 3.63) is 70.0 Å². The first-order chi connectivity index (χ1) is 8.70. The number of benzene rings is 1. The maximum atomic E-state index is 10.5. The zero-order valence-electron chi connectivity index (χ0n) is 9.86. The van der Waals surface area contributed by atoms with Crippen molar-refractivity contribution in [2.75, 3.05) is 0 Å². The van der Waals surface area contributed by atoms with E-state index in [2.05, 4.69) is 6.07 Å². The van der Waals surface area contributed by atoms with Crippen molar-refractivity contribution in [1.82, 2.24) is 0 Å². The fourth-order valence-corrected chi connectivity index (χ4v) is 1.64. The molecule has 2 aromatic rings. The lowest BCUT2D eigenvalue weighted by molar-refractivity contribution is -0.690. The summed E-state index contributed by atoms with van der Waals surface area (Å²) in [5, 5.41) is 19.5. The summed E-state index contributed by atoms with van der Waals surface area (Å²) in [5.74, 6) is 0. The topological polar surface area (TPSA) is 70.8 Å². The summed E-state index contributed by atoms with van der Waals surface area (Å²) in [6, 6.07) is 13.8. The van der Waals surface area contributed by atoms with E-state index in [1.54, 1.807) is 35.0 Å². The third kappa shape index (κ3) is 3.60. The largest absolute Gasteiger partial charge is 1.00 e. The van der Waals surface area contributed by atoms with E-state index in [9.17, 15) is 10.1 Å². The van der Waals surface area contributed by atoms with Gasteiger partial charge in [0.05, 0.1) is 4.92 Å². The highest BCUT2D eigenvalue weighted by molar-refractivity contribution is 5.32. The lowest BCUT2D eigenvalue weighted by Gasteiger charge is -1.99. The second-order valence-electron chi connectivity index (χ2n) is 3.75. The Bertz CT molecular complexity index is 621. The molecule has 0 atom stereocenters. The van der Waals surface area contributed by atoms with Gasteiger partial charge in [0, 0.05) is 29.8 Å². The first kappa shape index (κ1) is 14.8. The zero-order chi connectivity index (χ0) is 13.0. The van der Waals surface area contributed by atoms with Crippen LogP contribution in [0, 0.1) is 21.4 Å². The van der Waals surface area contributed by atoms with Crippen LogP contribution < -0.4 is 21.5 Å². The van der Waals surface area contributed by atoms with Crippen molar-refractivity contribution in [2.24, 2.45) is 0 Å². The molecule has 1 aromatic carbocycles. The highest BCUT2D eigenvalue weighted by atomic mass is 79.9. The number of halogens is 1. The lowest BCUT2D eigenvalue weighted by Crippen LogP contribution is -3.00. The smallest absolute Gasteiger partial charge is 0.283 e. The van der Waals surface area contributed by atoms with E-state index in [1.807, 2.05) is 6.07 Å². The molecule has 1 heterocycles. The normalized spacial score (nSPS) is 9.21. The van der Waals surface area contributed by atoms with Crippen LogP contribution in [0.4, 0.5) is 5.69 Å². The summed E-state index contributed by atoms with van der Waals surface area (Å²) in [7, 11) is 0. The van der Waals surface area contributed by atoms with Gasteiger partial charge in [-0.3, -0.25) is 10.1 Å². The van der Waals surface area contributed by atoms with Crippen molar-refractivity contribution in [1.29, 1.82) is 5.26 Å². The molecule has 1 aromatic heterocycles. The SMILES string of the molecule is N#Cc1cccc[n+]1Cc1ccc([N+](=O)[O-])cc1.[Br-]. The van der Waals surface area contributed by atoms with Crippen LogP contribution >= 0.6 is 0 Å². The van der Waals surface area contributed by atoms with E-state index in [0.29, 0.717) is 12.2 Å². The number of pyridine rings is 1. The summed E-state index contributed by atoms with van der Waals surface area (Å²) in [4.78, 5) is 10.1. The van der Waals surface area contributed by atoms with Crippen molar-refractivity contribution < 1.29 is 26.5 Å². The summed E-state index contributed by atoms with van der Waals surface area (Å²) >= 11 is 0. The fourth-order valence-electron chi connectivity index (χ4n) is 1.64. The Morgan fingerprint density at radius 2 is 1.89 bits per heavy atom. The zero-order valence-corrected chi connectivity index (χ0v) is 11.4. The van der Waals surface area contributed by atoms with Crippen LogP contribution in [-0.4, -0.2) is 4.92 Å². The number of hydrogen-bond acceptors (Lipinski definition) is 3. The second-order valence-corrected chi connectivity index (χ2v) is 3.75. The quantitative estimate of drug-likeness (QED) is 0.405. The van der Waals surface area contributed by atoms with Gasteiger partial charge in [-0.2, -0.15) is 9.83 Å². The highest BCUT2D eigenvalue weighted by Gasteiger charge is 2.10. The van der Waals surface area contributed by atoms with Gasteiger partial charge in [-0.25, -0.2) is 0 Å². The summed E-state index contributed by atoms with van der Waals surface area (Å²) in [6.07, 6.45) is 1.81. The predicted molar refractivity (Wildman–Crippen MR) is 63.6 cm³/mol. The second kappa shape index (κ2) is 6.61. The molecule has 0 aliphatic carbocycles. The van der Waals surface area contributed by atoms with Gasteiger partial charge < -0.3 is 17.0 Å². The van der Waals surface area contributed by atoms with Gasteiger partial charge in [0.1, 0.15) is 0 Å². The fraction of sp³-hybridized carbons (Fsp3) is 0.0769. The van der Waals surface area contributed by atoms with Gasteiger partial charge in [0.2, 0.25) is 0 Å². The Hall–Kier alpha value is -2.26. The molecule has 0 aliphatic rings. The van der Waals surface area contributed by atoms with E-state index in [1.165, 1.54) is 12.1 Å². The van der Waals surface area contributed by atoms with Crippen LogP contribution in [0.15, 0.2) is 48.7 Å². The molecular weight excluding hydrogens is 310 g/mol. The molecule has 0 unspecified atom stereocenters. The minimum Gasteiger partial charge on any atom is -1.00 e. The summed E-state index contributed by atoms with van der Waals surface area (Å²) in [5.41, 5.74) is 1.53. The van der Waals surface area contributed by atoms with Gasteiger partial charge >= 0.3 is 0 Å². The van der Waals surface area contributed by atoms with E-state index in [-0.39, 0.29) is 22.7 Å². The minimum atomic E-state index is -0.430. The first-order valence-electron chi connectivity index (χ1n) is 5.32. The van der Waals surface area contributed by atoms with E-state index in [4.69, 9.17) is 5.26 Å². The first-order valence-corrected chi connectivity index (χ1v) is 5.32. The van der Waals surface area contributed by atoms with Crippen LogP contribution in [0.3, 0.4) is 0 Å². The van der Waals surface area contributed by atoms with Crippen molar-refractivity contribution in [2.45, 2.75) is 6.54 Å². The van der Waals surface area contributed by atoms with Crippen LogP contribution in [0.2, 0.25) is 0 Å². The molecule has 5 nitrogen and oxygen atoms in total. The van der Waals surface area contributed by atoms with Crippen LogP contribution in [-0.2, 0) is 6.54 Å². The molecule has 96 valence electrons. The van der Waals surface area contributed by atoms with E-state index in [0.717, 1.165) is 5.56 Å². The molecule has 0 fully saturated rings. The average Bonchev–Trinajstić information content (AvgIpc) is 2.40. The third-order valence-corrected chi connectivity index (χ3v) is 2.56. The molecule has 6 heteroatoms. The lowest BCUT2D eigenvalue weighted by atomic mass is 10.2. The number of aromatic nitrogens is 1. The van der Waals surface area contributed by atoms with E-state index >= 15 is 0 Å². The summed E-state index contributed by atoms with van der Waals surface area (Å²) < 4.78 is 1.79. The Balaban J connectivity index is 0.00000180. The van der Waals surface area contributed by atoms with Crippen LogP contribution in [0.1, 0.15) is 11.3 Å². The molecule has 0 N–H and O–H groups in total. The van der Waals surface area contributed by atoms with Gasteiger partial charge in [0.15, 0.2) is 18.8 Å². The standard InChI is InChI=1S/C13H10N3O2.BrH/c14-9-13-3-1-2-8-15(13)10-11-4-6-12(7-5-11)16(17)18;/h1-8H,10H2;1H/q+1;/p-1. The van der Waals surface area contributed by atoms with Gasteiger partial charge in [0.25, 0.3) is 11.4 Å². The van der Waals surface area contributed by atoms with Crippen LogP contribution in [0.25, 0.3) is 0 Å². The Morgan fingerprint density at radius 3 is 2.47 bits per heavy atom. The molecule has 19 heavy (non-hydrogen) atoms. The molecule has 0 radical (unpaired) electrons. The number of rotatable bonds is 3. The monoisotopic (exact) mass is 319 g/mol. The molecule has 0 saturated heterocycles. The average molecular weight is 320 g/mol. The number of hydrogen-bond donors (Lipinski definition) is 0. The molecule has 0 spiro atoms.